The number of phenols is 1. The van der Waals surface area contributed by atoms with Crippen LogP contribution in [0.1, 0.15) is 45.0 Å². The second-order valence-corrected chi connectivity index (χ2v) is 10.7. The molecule has 2 saturated heterocycles. The molecule has 11 nitrogen and oxygen atoms in total. The lowest BCUT2D eigenvalue weighted by Gasteiger charge is -2.35. The Labute approximate surface area is 260 Å². The summed E-state index contributed by atoms with van der Waals surface area (Å²) in [5.74, 6) is -1.37. The normalized spacial score (nSPS) is 17.0. The largest absolute Gasteiger partial charge is 0.506 e. The quantitative estimate of drug-likeness (QED) is 0.280. The van der Waals surface area contributed by atoms with Crippen molar-refractivity contribution in [2.45, 2.75) is 18.8 Å². The Kier molecular flexibility index (Phi) is 10.6. The third-order valence-electron chi connectivity index (χ3n) is 7.40. The Morgan fingerprint density at radius 1 is 1.00 bits per heavy atom. The summed E-state index contributed by atoms with van der Waals surface area (Å²) in [5, 5.41) is 18.9. The van der Waals surface area contributed by atoms with E-state index in [0.29, 0.717) is 49.7 Å². The van der Waals surface area contributed by atoms with Gasteiger partial charge in [-0.05, 0) is 54.8 Å². The number of pyridine rings is 1. The van der Waals surface area contributed by atoms with Crippen molar-refractivity contribution in [2.24, 2.45) is 0 Å². The molecule has 1 unspecified atom stereocenters. The van der Waals surface area contributed by atoms with Crippen molar-refractivity contribution in [1.29, 1.82) is 0 Å². The number of aromatic hydroxyl groups is 1. The second kappa shape index (κ2) is 14.3. The number of likely N-dealkylation sites (tertiary alicyclic amines) is 1. The van der Waals surface area contributed by atoms with Gasteiger partial charge in [0.2, 0.25) is 11.8 Å². The number of rotatable bonds is 8. The first-order valence-corrected chi connectivity index (χ1v) is 14.1. The number of nitrogens with one attached hydrogen (secondary N) is 3. The molecule has 2 aliphatic heterocycles. The molecule has 2 fully saturated rings. The van der Waals surface area contributed by atoms with E-state index in [1.807, 2.05) is 4.90 Å². The molecule has 4 amide bonds. The van der Waals surface area contributed by atoms with Crippen molar-refractivity contribution < 1.29 is 24.3 Å². The van der Waals surface area contributed by atoms with Crippen molar-refractivity contribution in [1.82, 2.24) is 20.1 Å². The van der Waals surface area contributed by atoms with Crippen LogP contribution in [0.2, 0.25) is 5.02 Å². The lowest BCUT2D eigenvalue weighted by Crippen LogP contribution is -2.51. The standard InChI is InChI=1S/C30H31ClN6O5.ClH/c31-21-10-11-25(33-17-21)34-29(41)23-3-1-5-24(38)27(23)35-28(40)20-8-6-19(7-9-20)22-4-2-13-37(30(22)42)16-15-36-14-12-32-26(39)18-36;/h1,3,5-11,17,22,38H,2,4,12-16,18H2,(H,32,39)(H,35,40)(H,33,34,41);1H. The molecule has 1 atom stereocenters. The number of hydrogen-bond donors (Lipinski definition) is 4. The van der Waals surface area contributed by atoms with E-state index in [4.69, 9.17) is 11.6 Å². The van der Waals surface area contributed by atoms with Gasteiger partial charge in [-0.25, -0.2) is 4.98 Å². The van der Waals surface area contributed by atoms with Crippen molar-refractivity contribution in [2.75, 3.05) is 49.9 Å². The molecule has 4 N–H and O–H groups in total. The molecule has 0 spiro atoms. The van der Waals surface area contributed by atoms with Crippen molar-refractivity contribution in [3.05, 3.63) is 82.5 Å². The number of benzene rings is 2. The summed E-state index contributed by atoms with van der Waals surface area (Å²) in [6.07, 6.45) is 2.97. The summed E-state index contributed by atoms with van der Waals surface area (Å²) in [7, 11) is 0. The summed E-state index contributed by atoms with van der Waals surface area (Å²) in [6.45, 7) is 3.63. The molecule has 5 rings (SSSR count). The molecular weight excluding hydrogens is 595 g/mol. The first-order valence-electron chi connectivity index (χ1n) is 13.7. The van der Waals surface area contributed by atoms with E-state index >= 15 is 0 Å². The van der Waals surface area contributed by atoms with E-state index in [1.54, 1.807) is 30.3 Å². The fourth-order valence-electron chi connectivity index (χ4n) is 5.16. The number of para-hydroxylation sites is 1. The predicted molar refractivity (Wildman–Crippen MR) is 165 cm³/mol. The lowest BCUT2D eigenvalue weighted by atomic mass is 9.89. The van der Waals surface area contributed by atoms with Gasteiger partial charge in [0.25, 0.3) is 11.8 Å². The zero-order chi connectivity index (χ0) is 29.6. The average molecular weight is 628 g/mol. The summed E-state index contributed by atoms with van der Waals surface area (Å²) < 4.78 is 0. The zero-order valence-corrected chi connectivity index (χ0v) is 24.8. The summed E-state index contributed by atoms with van der Waals surface area (Å²) >= 11 is 5.85. The van der Waals surface area contributed by atoms with Gasteiger partial charge in [-0.1, -0.05) is 29.8 Å². The van der Waals surface area contributed by atoms with Crippen LogP contribution in [0.3, 0.4) is 0 Å². The Morgan fingerprint density at radius 2 is 1.79 bits per heavy atom. The van der Waals surface area contributed by atoms with Crippen LogP contribution in [0, 0.1) is 0 Å². The van der Waals surface area contributed by atoms with Crippen LogP contribution >= 0.6 is 24.0 Å². The van der Waals surface area contributed by atoms with E-state index in [2.05, 4.69) is 25.8 Å². The number of amides is 4. The van der Waals surface area contributed by atoms with Gasteiger partial charge in [-0.2, -0.15) is 0 Å². The molecule has 0 bridgehead atoms. The van der Waals surface area contributed by atoms with Crippen LogP contribution in [0.15, 0.2) is 60.8 Å². The smallest absolute Gasteiger partial charge is 0.259 e. The zero-order valence-electron chi connectivity index (χ0n) is 23.2. The van der Waals surface area contributed by atoms with Crippen LogP contribution in [0.4, 0.5) is 11.5 Å². The number of anilines is 2. The molecule has 226 valence electrons. The number of phenolic OH excluding ortho intramolecular Hbond substituents is 1. The Balaban J connectivity index is 0.00000423. The SMILES string of the molecule is Cl.O=C1CN(CCN2CCCC(c3ccc(C(=O)Nc4c(O)cccc4C(=O)Nc4ccc(Cl)cn4)cc3)C2=O)CCN1. The third-order valence-corrected chi connectivity index (χ3v) is 7.63. The lowest BCUT2D eigenvalue weighted by molar-refractivity contribution is -0.135. The van der Waals surface area contributed by atoms with Crippen LogP contribution in [0.5, 0.6) is 5.75 Å². The number of piperidine rings is 1. The minimum absolute atomic E-state index is 0. The van der Waals surface area contributed by atoms with Crippen LogP contribution < -0.4 is 16.0 Å². The van der Waals surface area contributed by atoms with E-state index in [-0.39, 0.29) is 53.0 Å². The van der Waals surface area contributed by atoms with Gasteiger partial charge in [-0.3, -0.25) is 24.1 Å². The molecule has 2 aliphatic rings. The van der Waals surface area contributed by atoms with Gasteiger partial charge >= 0.3 is 0 Å². The fraction of sp³-hybridized carbons (Fsp3) is 0.300. The number of hydrogen-bond acceptors (Lipinski definition) is 7. The van der Waals surface area contributed by atoms with E-state index in [1.165, 1.54) is 30.5 Å². The molecule has 2 aromatic carbocycles. The number of nitrogens with zero attached hydrogens (tertiary/aromatic N) is 3. The maximum atomic E-state index is 13.3. The van der Waals surface area contributed by atoms with Gasteiger partial charge in [0, 0.05) is 44.5 Å². The third kappa shape index (κ3) is 7.81. The first-order chi connectivity index (χ1) is 20.3. The van der Waals surface area contributed by atoms with Gasteiger partial charge < -0.3 is 26.0 Å². The van der Waals surface area contributed by atoms with E-state index in [9.17, 15) is 24.3 Å². The first kappa shape index (κ1) is 31.7. The van der Waals surface area contributed by atoms with Gasteiger partial charge in [0.15, 0.2) is 0 Å². The summed E-state index contributed by atoms with van der Waals surface area (Å²) in [5.41, 5.74) is 1.13. The second-order valence-electron chi connectivity index (χ2n) is 10.2. The van der Waals surface area contributed by atoms with Gasteiger partial charge in [0.05, 0.1) is 28.7 Å². The van der Waals surface area contributed by atoms with E-state index in [0.717, 1.165) is 18.5 Å². The number of halogens is 2. The number of aromatic nitrogens is 1. The minimum atomic E-state index is -0.574. The fourth-order valence-corrected chi connectivity index (χ4v) is 5.27. The molecule has 1 aromatic heterocycles. The highest BCUT2D eigenvalue weighted by atomic mass is 35.5. The van der Waals surface area contributed by atoms with E-state index < -0.39 is 11.8 Å². The van der Waals surface area contributed by atoms with Crippen molar-refractivity contribution in [3.8, 4) is 5.75 Å². The highest BCUT2D eigenvalue weighted by Gasteiger charge is 2.30. The Morgan fingerprint density at radius 3 is 2.51 bits per heavy atom. The Hall–Kier alpha value is -4.19. The topological polar surface area (TPSA) is 144 Å². The van der Waals surface area contributed by atoms with Crippen LogP contribution in [0.25, 0.3) is 0 Å². The number of carbonyl (C=O) groups is 4. The number of carbonyl (C=O) groups excluding carboxylic acids is 4. The van der Waals surface area contributed by atoms with Crippen LogP contribution in [-0.4, -0.2) is 82.8 Å². The van der Waals surface area contributed by atoms with Gasteiger partial charge in [0.1, 0.15) is 11.6 Å². The maximum absolute atomic E-state index is 13.3. The molecule has 0 aliphatic carbocycles. The molecule has 0 saturated carbocycles. The molecule has 3 aromatic rings. The average Bonchev–Trinajstić information content (AvgIpc) is 2.99. The maximum Gasteiger partial charge on any atom is 0.259 e. The predicted octanol–water partition coefficient (Wildman–Crippen LogP) is 3.50. The monoisotopic (exact) mass is 626 g/mol. The van der Waals surface area contributed by atoms with Crippen molar-refractivity contribution >= 4 is 59.1 Å². The van der Waals surface area contributed by atoms with Gasteiger partial charge in [-0.15, -0.1) is 12.4 Å². The minimum Gasteiger partial charge on any atom is -0.506 e. The molecule has 3 heterocycles. The number of piperazine rings is 1. The summed E-state index contributed by atoms with van der Waals surface area (Å²) in [4.78, 5) is 58.9. The molecule has 0 radical (unpaired) electrons. The van der Waals surface area contributed by atoms with Crippen LogP contribution in [-0.2, 0) is 9.59 Å². The summed E-state index contributed by atoms with van der Waals surface area (Å²) in [6, 6.07) is 14.2. The molecule has 43 heavy (non-hydrogen) atoms. The highest BCUT2D eigenvalue weighted by molar-refractivity contribution is 6.30. The molecular formula is C30H32Cl2N6O5. The Bertz CT molecular complexity index is 1490. The molecule has 13 heteroatoms. The highest BCUT2D eigenvalue weighted by Crippen LogP contribution is 2.30. The van der Waals surface area contributed by atoms with Crippen molar-refractivity contribution in [3.63, 3.8) is 0 Å².